The van der Waals surface area contributed by atoms with Crippen molar-refractivity contribution < 1.29 is 19.4 Å². The lowest BCUT2D eigenvalue weighted by molar-refractivity contribution is -0.137. The first kappa shape index (κ1) is 22.7. The lowest BCUT2D eigenvalue weighted by Gasteiger charge is -2.16. The Morgan fingerprint density at radius 1 is 0.840 bits per heavy atom. The molecule has 4 nitrogen and oxygen atoms in total. The number of rotatable bonds is 16. The van der Waals surface area contributed by atoms with E-state index in [4.69, 9.17) is 26.2 Å². The van der Waals surface area contributed by atoms with Gasteiger partial charge >= 0.3 is 5.97 Å². The van der Waals surface area contributed by atoms with Gasteiger partial charge < -0.3 is 14.6 Å². The number of carboxylic acids is 1. The Hall–Kier alpha value is -0.320. The van der Waals surface area contributed by atoms with Gasteiger partial charge in [-0.2, -0.15) is 0 Å². The molecule has 1 saturated heterocycles. The second-order valence-corrected chi connectivity index (χ2v) is 7.50. The number of hydrogen-bond donors (Lipinski definition) is 1. The summed E-state index contributed by atoms with van der Waals surface area (Å²) in [5.74, 6) is -0.292. The van der Waals surface area contributed by atoms with Gasteiger partial charge in [0.05, 0.1) is 18.1 Å². The third-order valence-electron chi connectivity index (χ3n) is 4.92. The van der Waals surface area contributed by atoms with E-state index < -0.39 is 5.97 Å². The van der Waals surface area contributed by atoms with E-state index in [9.17, 15) is 4.79 Å². The molecule has 5 heteroatoms. The van der Waals surface area contributed by atoms with Crippen LogP contribution in [0.4, 0.5) is 0 Å². The average molecular weight is 377 g/mol. The summed E-state index contributed by atoms with van der Waals surface area (Å²) in [6, 6.07) is 0. The maximum atomic E-state index is 10.5. The minimum absolute atomic E-state index is 0.179. The minimum Gasteiger partial charge on any atom is -0.481 e. The quantitative estimate of drug-likeness (QED) is 0.269. The van der Waals surface area contributed by atoms with Crippen LogP contribution in [-0.2, 0) is 14.3 Å². The minimum atomic E-state index is -0.693. The van der Waals surface area contributed by atoms with Crippen LogP contribution in [0.1, 0.15) is 96.8 Å². The number of ether oxygens (including phenoxy) is 2. The Bertz CT molecular complexity index is 338. The van der Waals surface area contributed by atoms with Crippen LogP contribution in [0.15, 0.2) is 0 Å². The molecule has 0 spiro atoms. The molecule has 0 aliphatic carbocycles. The number of alkyl halides is 1. The zero-order valence-electron chi connectivity index (χ0n) is 15.9. The number of hydrogen-bond acceptors (Lipinski definition) is 3. The number of carboxylic acid groups (broad SMARTS) is 1. The third kappa shape index (κ3) is 11.1. The number of carbonyl (C=O) groups is 1. The molecule has 148 valence electrons. The van der Waals surface area contributed by atoms with Crippen LogP contribution in [-0.4, -0.2) is 35.5 Å². The van der Waals surface area contributed by atoms with Crippen LogP contribution in [0.2, 0.25) is 0 Å². The molecule has 0 aromatic heterocycles. The highest BCUT2D eigenvalue weighted by molar-refractivity contribution is 6.18. The molecule has 1 N–H and O–H groups in total. The van der Waals surface area contributed by atoms with E-state index >= 15 is 0 Å². The van der Waals surface area contributed by atoms with E-state index in [1.54, 1.807) is 0 Å². The van der Waals surface area contributed by atoms with Gasteiger partial charge in [0, 0.05) is 6.42 Å². The summed E-state index contributed by atoms with van der Waals surface area (Å²) < 4.78 is 11.9. The van der Waals surface area contributed by atoms with Gasteiger partial charge in [0.1, 0.15) is 0 Å². The molecule has 0 aromatic rings. The van der Waals surface area contributed by atoms with Crippen LogP contribution in [0, 0.1) is 0 Å². The predicted octanol–water partition coefficient (Wildman–Crippen LogP) is 5.90. The van der Waals surface area contributed by atoms with Crippen molar-refractivity contribution in [1.82, 2.24) is 0 Å². The predicted molar refractivity (Wildman–Crippen MR) is 102 cm³/mol. The number of aliphatic carboxylic acids is 1. The fraction of sp³-hybridized carbons (Fsp3) is 0.950. The zero-order chi connectivity index (χ0) is 18.3. The monoisotopic (exact) mass is 376 g/mol. The zero-order valence-corrected chi connectivity index (χ0v) is 16.6. The SMILES string of the molecule is CCCCCCCCC1OC(CCl)OC1CCCCCCCC(=O)O. The molecule has 1 rings (SSSR count). The smallest absolute Gasteiger partial charge is 0.303 e. The van der Waals surface area contributed by atoms with E-state index in [2.05, 4.69) is 6.92 Å². The second kappa shape index (κ2) is 14.8. The molecule has 1 heterocycles. The van der Waals surface area contributed by atoms with Gasteiger partial charge in [-0.1, -0.05) is 71.1 Å². The fourth-order valence-corrected chi connectivity index (χ4v) is 3.60. The first-order valence-corrected chi connectivity index (χ1v) is 10.8. The second-order valence-electron chi connectivity index (χ2n) is 7.19. The Morgan fingerprint density at radius 3 is 1.80 bits per heavy atom. The van der Waals surface area contributed by atoms with Gasteiger partial charge in [-0.05, 0) is 19.3 Å². The maximum absolute atomic E-state index is 10.5. The molecule has 0 bridgehead atoms. The molecular weight excluding hydrogens is 340 g/mol. The van der Waals surface area contributed by atoms with Gasteiger partial charge in [-0.15, -0.1) is 11.6 Å². The Morgan fingerprint density at radius 2 is 1.32 bits per heavy atom. The standard InChI is InChI=1S/C20H37ClO4/c1-2-3-4-5-7-10-13-17-18(25-20(16-21)24-17)14-11-8-6-9-12-15-19(22)23/h17-18,20H,2-16H2,1H3,(H,22,23). The van der Waals surface area contributed by atoms with E-state index in [0.717, 1.165) is 44.9 Å². The summed E-state index contributed by atoms with van der Waals surface area (Å²) in [6.45, 7) is 2.24. The van der Waals surface area contributed by atoms with Gasteiger partial charge in [-0.3, -0.25) is 4.79 Å². The van der Waals surface area contributed by atoms with Crippen molar-refractivity contribution in [3.8, 4) is 0 Å². The van der Waals surface area contributed by atoms with Crippen molar-refractivity contribution in [3.05, 3.63) is 0 Å². The van der Waals surface area contributed by atoms with Crippen LogP contribution in [0.25, 0.3) is 0 Å². The average Bonchev–Trinajstić information content (AvgIpc) is 2.99. The molecule has 0 amide bonds. The summed E-state index contributed by atoms with van der Waals surface area (Å²) in [4.78, 5) is 10.5. The van der Waals surface area contributed by atoms with Crippen LogP contribution >= 0.6 is 11.6 Å². The van der Waals surface area contributed by atoms with E-state index in [-0.39, 0.29) is 24.9 Å². The van der Waals surface area contributed by atoms with Crippen LogP contribution in [0.5, 0.6) is 0 Å². The molecule has 1 fully saturated rings. The highest BCUT2D eigenvalue weighted by Gasteiger charge is 2.34. The topological polar surface area (TPSA) is 55.8 Å². The highest BCUT2D eigenvalue weighted by atomic mass is 35.5. The van der Waals surface area contributed by atoms with Crippen LogP contribution in [0.3, 0.4) is 0 Å². The lowest BCUT2D eigenvalue weighted by Crippen LogP contribution is -2.22. The molecule has 1 aliphatic heterocycles. The largest absolute Gasteiger partial charge is 0.481 e. The lowest BCUT2D eigenvalue weighted by atomic mass is 9.99. The summed E-state index contributed by atoms with van der Waals surface area (Å²) >= 11 is 5.90. The summed E-state index contributed by atoms with van der Waals surface area (Å²) in [5.41, 5.74) is 0. The Kier molecular flexibility index (Phi) is 13.5. The van der Waals surface area contributed by atoms with Crippen LogP contribution < -0.4 is 0 Å². The molecule has 25 heavy (non-hydrogen) atoms. The molecule has 1 aliphatic rings. The van der Waals surface area contributed by atoms with Crippen molar-refractivity contribution in [2.45, 2.75) is 115 Å². The Balaban J connectivity index is 2.12. The van der Waals surface area contributed by atoms with Gasteiger partial charge in [0.25, 0.3) is 0 Å². The third-order valence-corrected chi connectivity index (χ3v) is 5.17. The molecule has 0 aromatic carbocycles. The Labute approximate surface area is 158 Å². The van der Waals surface area contributed by atoms with E-state index in [0.29, 0.717) is 5.88 Å². The van der Waals surface area contributed by atoms with Gasteiger partial charge in [0.15, 0.2) is 6.29 Å². The van der Waals surface area contributed by atoms with Crippen molar-refractivity contribution in [1.29, 1.82) is 0 Å². The summed E-state index contributed by atoms with van der Waals surface area (Å²) in [7, 11) is 0. The summed E-state index contributed by atoms with van der Waals surface area (Å²) in [6.07, 6.45) is 15.4. The van der Waals surface area contributed by atoms with E-state index in [1.165, 1.54) is 38.5 Å². The molecule has 0 saturated carbocycles. The fourth-order valence-electron chi connectivity index (χ4n) is 3.46. The molecular formula is C20H37ClO4. The van der Waals surface area contributed by atoms with Gasteiger partial charge in [0.2, 0.25) is 0 Å². The normalized spacial score (nSPS) is 23.2. The molecule has 3 unspecified atom stereocenters. The van der Waals surface area contributed by atoms with Crippen molar-refractivity contribution >= 4 is 17.6 Å². The van der Waals surface area contributed by atoms with E-state index in [1.807, 2.05) is 0 Å². The van der Waals surface area contributed by atoms with Gasteiger partial charge in [-0.25, -0.2) is 0 Å². The summed E-state index contributed by atoms with van der Waals surface area (Å²) in [5, 5.41) is 8.63. The molecule has 0 radical (unpaired) electrons. The number of unbranched alkanes of at least 4 members (excludes halogenated alkanes) is 9. The van der Waals surface area contributed by atoms with Crippen molar-refractivity contribution in [2.24, 2.45) is 0 Å². The van der Waals surface area contributed by atoms with Crippen molar-refractivity contribution in [3.63, 3.8) is 0 Å². The first-order valence-electron chi connectivity index (χ1n) is 10.3. The first-order chi connectivity index (χ1) is 12.2. The van der Waals surface area contributed by atoms with Crippen molar-refractivity contribution in [2.75, 3.05) is 5.88 Å². The number of halogens is 1. The maximum Gasteiger partial charge on any atom is 0.303 e. The highest BCUT2D eigenvalue weighted by Crippen LogP contribution is 2.28. The molecule has 3 atom stereocenters.